The fourth-order valence-corrected chi connectivity index (χ4v) is 3.52. The lowest BCUT2D eigenvalue weighted by Crippen LogP contribution is -2.36. The van der Waals surface area contributed by atoms with E-state index < -0.39 is 0 Å². The standard InChI is InChI=1S/C17H23FN4S2/c1-4-19-17(22-10-16-9-20-12(2)24-16)21-8-13-5-6-15(18)7-14(13)11-23-3/h5-7,9H,4,8,10-11H2,1-3H3,(H2,19,21,22). The SMILES string of the molecule is CCNC(=NCc1ccc(F)cc1CSC)NCc1cnc(C)s1. The van der Waals surface area contributed by atoms with Crippen molar-refractivity contribution in [1.82, 2.24) is 15.6 Å². The Labute approximate surface area is 151 Å². The van der Waals surface area contributed by atoms with E-state index in [-0.39, 0.29) is 5.82 Å². The van der Waals surface area contributed by atoms with Gasteiger partial charge in [-0.25, -0.2) is 14.4 Å². The third-order valence-corrected chi connectivity index (χ3v) is 4.83. The summed E-state index contributed by atoms with van der Waals surface area (Å²) < 4.78 is 13.4. The highest BCUT2D eigenvalue weighted by atomic mass is 32.2. The van der Waals surface area contributed by atoms with Crippen LogP contribution in [0.2, 0.25) is 0 Å². The maximum absolute atomic E-state index is 13.4. The van der Waals surface area contributed by atoms with Gasteiger partial charge in [0.15, 0.2) is 5.96 Å². The first-order valence-electron chi connectivity index (χ1n) is 7.82. The van der Waals surface area contributed by atoms with Crippen LogP contribution in [0.1, 0.15) is 27.9 Å². The van der Waals surface area contributed by atoms with Crippen molar-refractivity contribution in [2.45, 2.75) is 32.7 Å². The van der Waals surface area contributed by atoms with Gasteiger partial charge in [0, 0.05) is 23.4 Å². The Balaban J connectivity index is 2.04. The second kappa shape index (κ2) is 9.64. The average Bonchev–Trinajstić information content (AvgIpc) is 2.97. The number of benzene rings is 1. The number of guanidine groups is 1. The van der Waals surface area contributed by atoms with Crippen molar-refractivity contribution in [3.8, 4) is 0 Å². The summed E-state index contributed by atoms with van der Waals surface area (Å²) in [6.45, 7) is 6.03. The largest absolute Gasteiger partial charge is 0.357 e. The average molecular weight is 367 g/mol. The number of aromatic nitrogens is 1. The van der Waals surface area contributed by atoms with Crippen LogP contribution in [0.5, 0.6) is 0 Å². The van der Waals surface area contributed by atoms with E-state index in [0.29, 0.717) is 13.1 Å². The lowest BCUT2D eigenvalue weighted by atomic mass is 10.1. The first kappa shape index (κ1) is 18.7. The Morgan fingerprint density at radius 3 is 2.83 bits per heavy atom. The highest BCUT2D eigenvalue weighted by Crippen LogP contribution is 2.17. The molecular weight excluding hydrogens is 343 g/mol. The number of rotatable bonds is 7. The van der Waals surface area contributed by atoms with Crippen LogP contribution in [-0.4, -0.2) is 23.7 Å². The van der Waals surface area contributed by atoms with Crippen LogP contribution in [0.3, 0.4) is 0 Å². The van der Waals surface area contributed by atoms with Crippen molar-refractivity contribution in [1.29, 1.82) is 0 Å². The monoisotopic (exact) mass is 366 g/mol. The summed E-state index contributed by atoms with van der Waals surface area (Å²) in [7, 11) is 0. The molecule has 130 valence electrons. The lowest BCUT2D eigenvalue weighted by molar-refractivity contribution is 0.625. The van der Waals surface area contributed by atoms with Gasteiger partial charge < -0.3 is 10.6 Å². The molecule has 1 heterocycles. The minimum Gasteiger partial charge on any atom is -0.357 e. The van der Waals surface area contributed by atoms with Crippen LogP contribution >= 0.6 is 23.1 Å². The second-order valence-corrected chi connectivity index (χ2v) is 7.43. The zero-order chi connectivity index (χ0) is 17.4. The zero-order valence-corrected chi connectivity index (χ0v) is 15.9. The van der Waals surface area contributed by atoms with Crippen LogP contribution in [0.4, 0.5) is 4.39 Å². The van der Waals surface area contributed by atoms with Gasteiger partial charge in [-0.15, -0.1) is 11.3 Å². The molecule has 0 amide bonds. The number of hydrogen-bond donors (Lipinski definition) is 2. The van der Waals surface area contributed by atoms with Crippen LogP contribution in [-0.2, 0) is 18.8 Å². The molecule has 2 N–H and O–H groups in total. The Hall–Kier alpha value is -1.60. The van der Waals surface area contributed by atoms with Crippen molar-refractivity contribution in [3.05, 3.63) is 51.2 Å². The molecule has 0 unspecified atom stereocenters. The van der Waals surface area contributed by atoms with E-state index >= 15 is 0 Å². The molecule has 0 radical (unpaired) electrons. The van der Waals surface area contributed by atoms with Gasteiger partial charge in [0.1, 0.15) is 5.82 Å². The predicted molar refractivity (Wildman–Crippen MR) is 102 cm³/mol. The van der Waals surface area contributed by atoms with Gasteiger partial charge in [-0.3, -0.25) is 0 Å². The fraction of sp³-hybridized carbons (Fsp3) is 0.412. The molecule has 0 saturated heterocycles. The molecule has 0 aliphatic carbocycles. The smallest absolute Gasteiger partial charge is 0.191 e. The first-order chi connectivity index (χ1) is 11.6. The van der Waals surface area contributed by atoms with E-state index in [9.17, 15) is 4.39 Å². The molecule has 0 aliphatic rings. The van der Waals surface area contributed by atoms with Gasteiger partial charge in [-0.05, 0) is 43.4 Å². The molecule has 0 saturated carbocycles. The summed E-state index contributed by atoms with van der Waals surface area (Å²) in [5.41, 5.74) is 2.05. The molecule has 24 heavy (non-hydrogen) atoms. The molecule has 0 fully saturated rings. The molecule has 0 bridgehead atoms. The summed E-state index contributed by atoms with van der Waals surface area (Å²) in [6.07, 6.45) is 3.90. The van der Waals surface area contributed by atoms with Crippen molar-refractivity contribution in [3.63, 3.8) is 0 Å². The second-order valence-electron chi connectivity index (χ2n) is 5.24. The first-order valence-corrected chi connectivity index (χ1v) is 10.0. The number of halogens is 1. The number of thioether (sulfide) groups is 1. The number of nitrogens with one attached hydrogen (secondary N) is 2. The van der Waals surface area contributed by atoms with Crippen molar-refractivity contribution in [2.24, 2.45) is 4.99 Å². The van der Waals surface area contributed by atoms with E-state index in [0.717, 1.165) is 34.4 Å². The van der Waals surface area contributed by atoms with Crippen LogP contribution in [0.15, 0.2) is 29.4 Å². The molecule has 2 aromatic rings. The van der Waals surface area contributed by atoms with E-state index in [1.54, 1.807) is 29.2 Å². The molecule has 0 aliphatic heterocycles. The van der Waals surface area contributed by atoms with Crippen LogP contribution < -0.4 is 10.6 Å². The van der Waals surface area contributed by atoms with Crippen LogP contribution in [0, 0.1) is 12.7 Å². The van der Waals surface area contributed by atoms with E-state index in [1.165, 1.54) is 10.9 Å². The Kier molecular flexibility index (Phi) is 7.52. The molecule has 7 heteroatoms. The van der Waals surface area contributed by atoms with Crippen LogP contribution in [0.25, 0.3) is 0 Å². The summed E-state index contributed by atoms with van der Waals surface area (Å²) in [6, 6.07) is 4.91. The Morgan fingerprint density at radius 1 is 1.33 bits per heavy atom. The highest BCUT2D eigenvalue weighted by molar-refractivity contribution is 7.97. The van der Waals surface area contributed by atoms with Gasteiger partial charge in [-0.2, -0.15) is 11.8 Å². The minimum atomic E-state index is -0.197. The van der Waals surface area contributed by atoms with Crippen molar-refractivity contribution in [2.75, 3.05) is 12.8 Å². The molecule has 0 spiro atoms. The third-order valence-electron chi connectivity index (χ3n) is 3.32. The summed E-state index contributed by atoms with van der Waals surface area (Å²) in [5.74, 6) is 1.34. The van der Waals surface area contributed by atoms with Gasteiger partial charge in [0.25, 0.3) is 0 Å². The molecule has 2 rings (SSSR count). The number of thiazole rings is 1. The number of aryl methyl sites for hydroxylation is 1. The quantitative estimate of drug-likeness (QED) is 0.579. The Morgan fingerprint density at radius 2 is 2.17 bits per heavy atom. The van der Waals surface area contributed by atoms with Gasteiger partial charge in [-0.1, -0.05) is 6.07 Å². The van der Waals surface area contributed by atoms with E-state index in [1.807, 2.05) is 32.4 Å². The molecular formula is C17H23FN4S2. The molecule has 0 atom stereocenters. The topological polar surface area (TPSA) is 49.3 Å². The maximum Gasteiger partial charge on any atom is 0.191 e. The van der Waals surface area contributed by atoms with Crippen molar-refractivity contribution < 1.29 is 4.39 Å². The number of hydrogen-bond acceptors (Lipinski definition) is 4. The Bertz CT molecular complexity index is 685. The summed E-state index contributed by atoms with van der Waals surface area (Å²) >= 11 is 3.35. The molecule has 1 aromatic heterocycles. The predicted octanol–water partition coefficient (Wildman–Crippen LogP) is 3.71. The van der Waals surface area contributed by atoms with E-state index in [4.69, 9.17) is 0 Å². The molecule has 4 nitrogen and oxygen atoms in total. The summed E-state index contributed by atoms with van der Waals surface area (Å²) in [5, 5.41) is 7.61. The third kappa shape index (κ3) is 5.79. The lowest BCUT2D eigenvalue weighted by Gasteiger charge is -2.11. The normalized spacial score (nSPS) is 11.6. The highest BCUT2D eigenvalue weighted by Gasteiger charge is 2.05. The minimum absolute atomic E-state index is 0.197. The maximum atomic E-state index is 13.4. The van der Waals surface area contributed by atoms with Gasteiger partial charge in [0.05, 0.1) is 18.1 Å². The zero-order valence-electron chi connectivity index (χ0n) is 14.2. The van der Waals surface area contributed by atoms with Gasteiger partial charge in [0.2, 0.25) is 0 Å². The van der Waals surface area contributed by atoms with Gasteiger partial charge >= 0.3 is 0 Å². The summed E-state index contributed by atoms with van der Waals surface area (Å²) in [4.78, 5) is 10.0. The van der Waals surface area contributed by atoms with Crippen molar-refractivity contribution >= 4 is 29.1 Å². The molecule has 1 aromatic carbocycles. The fourth-order valence-electron chi connectivity index (χ4n) is 2.20. The number of nitrogens with zero attached hydrogens (tertiary/aromatic N) is 2. The van der Waals surface area contributed by atoms with E-state index in [2.05, 4.69) is 20.6 Å². The number of aliphatic imine (C=N–C) groups is 1.